The molecule has 3 aromatic carbocycles. The van der Waals surface area contributed by atoms with Crippen LogP contribution in [0.1, 0.15) is 44.8 Å². The van der Waals surface area contributed by atoms with Gasteiger partial charge in [-0.1, -0.05) is 28.1 Å². The summed E-state index contributed by atoms with van der Waals surface area (Å²) in [5, 5.41) is 13.9. The Morgan fingerprint density at radius 1 is 0.873 bits per heavy atom. The largest absolute Gasteiger partial charge is 0.493 e. The van der Waals surface area contributed by atoms with Crippen molar-refractivity contribution in [2.75, 3.05) is 83.0 Å². The highest BCUT2D eigenvalue weighted by atomic mass is 79.9. The second kappa shape index (κ2) is 18.0. The average Bonchev–Trinajstić information content (AvgIpc) is 3.22. The van der Waals surface area contributed by atoms with Crippen molar-refractivity contribution in [3.05, 3.63) is 112 Å². The van der Waals surface area contributed by atoms with E-state index in [-0.39, 0.29) is 22.7 Å². The molecule has 2 fully saturated rings. The number of piperazine rings is 1. The number of pyridine rings is 1. The third-order valence-electron chi connectivity index (χ3n) is 9.92. The van der Waals surface area contributed by atoms with Gasteiger partial charge in [0.2, 0.25) is 0 Å². The maximum Gasteiger partial charge on any atom is 0.256 e. The second-order valence-corrected chi connectivity index (χ2v) is 14.4. The number of nitrogens with one attached hydrogen (secondary N) is 1. The van der Waals surface area contributed by atoms with Crippen LogP contribution >= 0.6 is 15.9 Å². The average molecular weight is 813 g/mol. The Morgan fingerprint density at radius 3 is 2.36 bits per heavy atom. The molecule has 0 bridgehead atoms. The summed E-state index contributed by atoms with van der Waals surface area (Å²) in [6.45, 7) is 6.81. The van der Waals surface area contributed by atoms with Crippen LogP contribution < -0.4 is 19.7 Å². The molecular weight excluding hydrogens is 769 g/mol. The number of ether oxygens (including phenoxy) is 3. The van der Waals surface area contributed by atoms with E-state index in [9.17, 15) is 14.0 Å². The molecule has 4 heterocycles. The molecular formula is C41H43BrFN7O5. The molecule has 55 heavy (non-hydrogen) atoms. The van der Waals surface area contributed by atoms with Gasteiger partial charge in [0, 0.05) is 73.3 Å². The number of carbonyl (C=O) groups is 2. The summed E-state index contributed by atoms with van der Waals surface area (Å²) in [7, 11) is 1.64. The molecule has 2 aliphatic heterocycles. The molecule has 7 rings (SSSR count). The van der Waals surface area contributed by atoms with Crippen molar-refractivity contribution >= 4 is 50.0 Å². The van der Waals surface area contributed by atoms with Crippen molar-refractivity contribution in [3.8, 4) is 11.5 Å². The quantitative estimate of drug-likeness (QED) is 0.137. The highest BCUT2D eigenvalue weighted by molar-refractivity contribution is 9.10. The number of nitrogens with zero attached hydrogens (tertiary/aromatic N) is 6. The van der Waals surface area contributed by atoms with Gasteiger partial charge >= 0.3 is 0 Å². The molecule has 2 saturated heterocycles. The molecule has 1 N–H and O–H groups in total. The molecule has 0 radical (unpaired) electrons. The van der Waals surface area contributed by atoms with E-state index < -0.39 is 11.7 Å². The minimum atomic E-state index is -0.583. The summed E-state index contributed by atoms with van der Waals surface area (Å²) in [6, 6.07) is 18.9. The van der Waals surface area contributed by atoms with Crippen molar-refractivity contribution in [2.24, 2.45) is 0 Å². The molecule has 2 aromatic heterocycles. The van der Waals surface area contributed by atoms with E-state index in [1.54, 1.807) is 54.7 Å². The predicted molar refractivity (Wildman–Crippen MR) is 212 cm³/mol. The minimum Gasteiger partial charge on any atom is -0.493 e. The maximum atomic E-state index is 14.5. The Kier molecular flexibility index (Phi) is 12.5. The van der Waals surface area contributed by atoms with Gasteiger partial charge in [0.25, 0.3) is 11.8 Å². The number of anilines is 2. The molecule has 14 heteroatoms. The standard InChI is InChI=1S/C41H43BrFN7O5/c1-53-37-26-32-33(27-38(37)55-21-5-4-14-48-19-22-54-23-20-48)39(47-46-36(32)24-28-10-12-44-13-11-28)49-15-17-50(18-16-49)41(52)31-7-3-2-6-30(31)40(51)45-35-9-8-29(42)25-34(35)43/h2-3,6-13,25-27H,4-5,14-24H2,1H3,(H,45,51). The fourth-order valence-corrected chi connectivity index (χ4v) is 7.25. The van der Waals surface area contributed by atoms with E-state index in [2.05, 4.69) is 36.0 Å². The number of benzene rings is 3. The lowest BCUT2D eigenvalue weighted by molar-refractivity contribution is 0.0368. The van der Waals surface area contributed by atoms with Crippen LogP contribution in [0.3, 0.4) is 0 Å². The molecule has 2 amide bonds. The van der Waals surface area contributed by atoms with E-state index in [1.165, 1.54) is 12.1 Å². The van der Waals surface area contributed by atoms with Crippen LogP contribution in [0.2, 0.25) is 0 Å². The van der Waals surface area contributed by atoms with Gasteiger partial charge in [-0.25, -0.2) is 4.39 Å². The molecule has 0 saturated carbocycles. The zero-order chi connectivity index (χ0) is 38.1. The van der Waals surface area contributed by atoms with E-state index >= 15 is 0 Å². The van der Waals surface area contributed by atoms with Crippen LogP contribution in [0.5, 0.6) is 11.5 Å². The number of fused-ring (bicyclic) bond motifs is 1. The lowest BCUT2D eigenvalue weighted by Crippen LogP contribution is -2.49. The van der Waals surface area contributed by atoms with Crippen LogP contribution in [0, 0.1) is 5.82 Å². The number of amides is 2. The zero-order valence-corrected chi connectivity index (χ0v) is 32.3. The van der Waals surface area contributed by atoms with Gasteiger partial charge in [-0.15, -0.1) is 5.10 Å². The summed E-state index contributed by atoms with van der Waals surface area (Å²) in [6.07, 6.45) is 6.00. The monoisotopic (exact) mass is 811 g/mol. The second-order valence-electron chi connectivity index (χ2n) is 13.5. The number of unbranched alkanes of at least 4 members (excludes halogenated alkanes) is 1. The molecule has 2 aliphatic rings. The molecule has 5 aromatic rings. The van der Waals surface area contributed by atoms with Gasteiger partial charge in [0.15, 0.2) is 17.3 Å². The lowest BCUT2D eigenvalue weighted by Gasteiger charge is -2.36. The lowest BCUT2D eigenvalue weighted by atomic mass is 10.0. The Morgan fingerprint density at radius 2 is 1.62 bits per heavy atom. The highest BCUT2D eigenvalue weighted by Gasteiger charge is 2.28. The van der Waals surface area contributed by atoms with Crippen LogP contribution in [0.4, 0.5) is 15.9 Å². The zero-order valence-electron chi connectivity index (χ0n) is 30.7. The number of morpholine rings is 1. The molecule has 0 unspecified atom stereocenters. The summed E-state index contributed by atoms with van der Waals surface area (Å²) in [5.41, 5.74) is 2.30. The fraction of sp³-hybridized carbons (Fsp3) is 0.341. The number of hydrogen-bond acceptors (Lipinski definition) is 10. The molecule has 0 aliphatic carbocycles. The number of aromatic nitrogens is 3. The Balaban J connectivity index is 1.08. The Labute approximate surface area is 327 Å². The fourth-order valence-electron chi connectivity index (χ4n) is 6.91. The SMILES string of the molecule is COc1cc2c(Cc3ccncc3)nnc(N3CCN(C(=O)c4ccccc4C(=O)Nc4ccc(Br)cc4F)CC3)c2cc1OCCCCN1CCOCC1. The molecule has 0 atom stereocenters. The van der Waals surface area contributed by atoms with Crippen molar-refractivity contribution in [1.82, 2.24) is 25.0 Å². The van der Waals surface area contributed by atoms with Crippen LogP contribution in [-0.4, -0.2) is 110 Å². The predicted octanol–water partition coefficient (Wildman–Crippen LogP) is 6.23. The number of carbonyl (C=O) groups excluding carboxylic acids is 2. The van der Waals surface area contributed by atoms with E-state index in [4.69, 9.17) is 24.4 Å². The normalized spacial score (nSPS) is 14.9. The van der Waals surface area contributed by atoms with Crippen LogP contribution in [0.25, 0.3) is 10.8 Å². The number of halogens is 2. The molecule has 0 spiro atoms. The first-order valence-electron chi connectivity index (χ1n) is 18.5. The summed E-state index contributed by atoms with van der Waals surface area (Å²) >= 11 is 3.23. The summed E-state index contributed by atoms with van der Waals surface area (Å²) in [5.74, 6) is 0.521. The van der Waals surface area contributed by atoms with Crippen molar-refractivity contribution < 1.29 is 28.2 Å². The first-order chi connectivity index (χ1) is 26.9. The smallest absolute Gasteiger partial charge is 0.256 e. The first-order valence-corrected chi connectivity index (χ1v) is 19.3. The van der Waals surface area contributed by atoms with Crippen LogP contribution in [-0.2, 0) is 11.2 Å². The van der Waals surface area contributed by atoms with Crippen LogP contribution in [0.15, 0.2) is 83.6 Å². The summed E-state index contributed by atoms with van der Waals surface area (Å²) < 4.78 is 32.7. The maximum absolute atomic E-state index is 14.5. The van der Waals surface area contributed by atoms with Gasteiger partial charge < -0.3 is 29.3 Å². The van der Waals surface area contributed by atoms with Crippen molar-refractivity contribution in [2.45, 2.75) is 19.3 Å². The third-order valence-corrected chi connectivity index (χ3v) is 10.4. The molecule has 286 valence electrons. The number of methoxy groups -OCH3 is 1. The molecule has 12 nitrogen and oxygen atoms in total. The minimum absolute atomic E-state index is 0.0270. The first kappa shape index (κ1) is 38.1. The van der Waals surface area contributed by atoms with Gasteiger partial charge in [-0.05, 0) is 79.5 Å². The Bertz CT molecular complexity index is 2130. The van der Waals surface area contributed by atoms with Gasteiger partial charge in [0.1, 0.15) is 5.82 Å². The van der Waals surface area contributed by atoms with E-state index in [1.807, 2.05) is 24.3 Å². The third kappa shape index (κ3) is 9.21. The van der Waals surface area contributed by atoms with Gasteiger partial charge in [-0.2, -0.15) is 5.10 Å². The Hall–Kier alpha value is -5.18. The van der Waals surface area contributed by atoms with Crippen molar-refractivity contribution in [3.63, 3.8) is 0 Å². The van der Waals surface area contributed by atoms with Crippen molar-refractivity contribution in [1.29, 1.82) is 0 Å². The van der Waals surface area contributed by atoms with E-state index in [0.717, 1.165) is 67.7 Å². The number of hydrogen-bond donors (Lipinski definition) is 1. The highest BCUT2D eigenvalue weighted by Crippen LogP contribution is 2.38. The van der Waals surface area contributed by atoms with Gasteiger partial charge in [-0.3, -0.25) is 19.5 Å². The topological polar surface area (TPSA) is 122 Å². The number of rotatable bonds is 13. The van der Waals surface area contributed by atoms with E-state index in [0.29, 0.717) is 61.0 Å². The summed E-state index contributed by atoms with van der Waals surface area (Å²) in [4.78, 5) is 37.6. The van der Waals surface area contributed by atoms with Gasteiger partial charge in [0.05, 0.1) is 49.4 Å².